The van der Waals surface area contributed by atoms with Crippen molar-refractivity contribution in [2.45, 2.75) is 13.8 Å². The predicted molar refractivity (Wildman–Crippen MR) is 55.1 cm³/mol. The molecule has 0 aromatic heterocycles. The van der Waals surface area contributed by atoms with Crippen LogP contribution >= 0.6 is 12.4 Å². The van der Waals surface area contributed by atoms with Crippen LogP contribution in [0.15, 0.2) is 36.9 Å². The SMILES string of the molecule is C=Cc1ccccc1.CC.Cl. The van der Waals surface area contributed by atoms with Gasteiger partial charge in [0.2, 0.25) is 0 Å². The van der Waals surface area contributed by atoms with Gasteiger partial charge in [0, 0.05) is 0 Å². The maximum Gasteiger partial charge on any atom is -0.0263 e. The third-order valence-corrected chi connectivity index (χ3v) is 1.04. The largest absolute Gasteiger partial charge is 0.147 e. The highest BCUT2D eigenvalue weighted by atomic mass is 35.5. The van der Waals surface area contributed by atoms with Crippen LogP contribution in [0.4, 0.5) is 0 Å². The van der Waals surface area contributed by atoms with Crippen LogP contribution in [0, 0.1) is 0 Å². The number of halogens is 1. The summed E-state index contributed by atoms with van der Waals surface area (Å²) in [6, 6.07) is 10.0. The fraction of sp³-hybridized carbons (Fsp3) is 0.200. The van der Waals surface area contributed by atoms with Crippen LogP contribution in [0.2, 0.25) is 0 Å². The maximum atomic E-state index is 3.63. The first-order valence-corrected chi connectivity index (χ1v) is 3.61. The van der Waals surface area contributed by atoms with E-state index in [9.17, 15) is 0 Å². The molecule has 0 bridgehead atoms. The van der Waals surface area contributed by atoms with Crippen LogP contribution in [0.3, 0.4) is 0 Å². The van der Waals surface area contributed by atoms with Crippen molar-refractivity contribution in [1.29, 1.82) is 0 Å². The predicted octanol–water partition coefficient (Wildman–Crippen LogP) is 3.78. The average molecular weight is 171 g/mol. The summed E-state index contributed by atoms with van der Waals surface area (Å²) >= 11 is 0. The Hall–Kier alpha value is -0.750. The highest BCUT2D eigenvalue weighted by molar-refractivity contribution is 5.85. The zero-order valence-electron chi connectivity index (χ0n) is 7.08. The van der Waals surface area contributed by atoms with Gasteiger partial charge in [0.25, 0.3) is 0 Å². The molecule has 0 aliphatic carbocycles. The van der Waals surface area contributed by atoms with E-state index in [1.165, 1.54) is 5.56 Å². The van der Waals surface area contributed by atoms with Gasteiger partial charge >= 0.3 is 0 Å². The van der Waals surface area contributed by atoms with Gasteiger partial charge in [-0.3, -0.25) is 0 Å². The Morgan fingerprint density at radius 2 is 1.55 bits per heavy atom. The molecule has 0 saturated heterocycles. The lowest BCUT2D eigenvalue weighted by atomic mass is 10.2. The molecule has 1 aromatic carbocycles. The van der Waals surface area contributed by atoms with E-state index in [-0.39, 0.29) is 12.4 Å². The van der Waals surface area contributed by atoms with Crippen LogP contribution in [-0.2, 0) is 0 Å². The zero-order chi connectivity index (χ0) is 7.82. The lowest BCUT2D eigenvalue weighted by molar-refractivity contribution is 1.50. The zero-order valence-corrected chi connectivity index (χ0v) is 7.90. The Morgan fingerprint density at radius 1 is 1.09 bits per heavy atom. The van der Waals surface area contributed by atoms with Crippen LogP contribution in [-0.4, -0.2) is 0 Å². The van der Waals surface area contributed by atoms with Crippen LogP contribution in [0.5, 0.6) is 0 Å². The Bertz CT molecular complexity index is 167. The fourth-order valence-corrected chi connectivity index (χ4v) is 0.589. The van der Waals surface area contributed by atoms with E-state index in [1.807, 2.05) is 50.3 Å². The van der Waals surface area contributed by atoms with Crippen molar-refractivity contribution in [3.63, 3.8) is 0 Å². The van der Waals surface area contributed by atoms with E-state index in [2.05, 4.69) is 6.58 Å². The van der Waals surface area contributed by atoms with E-state index >= 15 is 0 Å². The minimum absolute atomic E-state index is 0. The molecular weight excluding hydrogens is 156 g/mol. The summed E-state index contributed by atoms with van der Waals surface area (Å²) in [5.41, 5.74) is 1.17. The normalized spacial score (nSPS) is 6.73. The molecule has 0 aliphatic heterocycles. The molecule has 11 heavy (non-hydrogen) atoms. The van der Waals surface area contributed by atoms with Crippen LogP contribution < -0.4 is 0 Å². The maximum absolute atomic E-state index is 3.63. The first-order chi connectivity index (χ1) is 4.93. The summed E-state index contributed by atoms with van der Waals surface area (Å²) in [7, 11) is 0. The van der Waals surface area contributed by atoms with E-state index in [1.54, 1.807) is 0 Å². The van der Waals surface area contributed by atoms with E-state index < -0.39 is 0 Å². The van der Waals surface area contributed by atoms with E-state index in [4.69, 9.17) is 0 Å². The molecule has 0 saturated carbocycles. The highest BCUT2D eigenvalue weighted by Crippen LogP contribution is 1.97. The highest BCUT2D eigenvalue weighted by Gasteiger charge is 1.75. The summed E-state index contributed by atoms with van der Waals surface area (Å²) in [4.78, 5) is 0. The first kappa shape index (κ1) is 12.9. The second kappa shape index (κ2) is 9.25. The van der Waals surface area contributed by atoms with Crippen molar-refractivity contribution in [1.82, 2.24) is 0 Å². The van der Waals surface area contributed by atoms with Crippen LogP contribution in [0.1, 0.15) is 19.4 Å². The molecule has 0 spiro atoms. The van der Waals surface area contributed by atoms with Gasteiger partial charge in [-0.05, 0) is 5.56 Å². The minimum Gasteiger partial charge on any atom is -0.147 e. The summed E-state index contributed by atoms with van der Waals surface area (Å²) in [5, 5.41) is 0. The van der Waals surface area contributed by atoms with Crippen LogP contribution in [0.25, 0.3) is 6.08 Å². The number of rotatable bonds is 1. The molecule has 1 heteroatoms. The van der Waals surface area contributed by atoms with Crippen molar-refractivity contribution in [2.24, 2.45) is 0 Å². The first-order valence-electron chi connectivity index (χ1n) is 3.61. The molecule has 0 fully saturated rings. The molecule has 1 aromatic rings. The quantitative estimate of drug-likeness (QED) is 0.602. The molecule has 0 heterocycles. The molecule has 0 nitrogen and oxygen atoms in total. The van der Waals surface area contributed by atoms with Gasteiger partial charge in [-0.25, -0.2) is 0 Å². The smallest absolute Gasteiger partial charge is 0.0263 e. The van der Waals surface area contributed by atoms with Gasteiger partial charge in [-0.2, -0.15) is 0 Å². The average Bonchev–Trinajstić information content (AvgIpc) is 2.10. The Morgan fingerprint density at radius 3 is 1.82 bits per heavy atom. The number of benzene rings is 1. The van der Waals surface area contributed by atoms with Crippen molar-refractivity contribution in [3.05, 3.63) is 42.5 Å². The number of hydrogen-bond donors (Lipinski definition) is 0. The summed E-state index contributed by atoms with van der Waals surface area (Å²) in [6.07, 6.45) is 1.83. The molecule has 0 radical (unpaired) electrons. The Kier molecular flexibility index (Phi) is 10.8. The van der Waals surface area contributed by atoms with Crippen molar-refractivity contribution in [2.75, 3.05) is 0 Å². The molecule has 0 atom stereocenters. The van der Waals surface area contributed by atoms with Gasteiger partial charge < -0.3 is 0 Å². The molecule has 0 amide bonds. The molecule has 0 aliphatic rings. The molecule has 1 rings (SSSR count). The lowest BCUT2D eigenvalue weighted by Crippen LogP contribution is -1.63. The molecule has 0 N–H and O–H groups in total. The van der Waals surface area contributed by atoms with E-state index in [0.29, 0.717) is 0 Å². The second-order valence-electron chi connectivity index (χ2n) is 1.61. The summed E-state index contributed by atoms with van der Waals surface area (Å²) in [5.74, 6) is 0. The third kappa shape index (κ3) is 5.68. The fourth-order valence-electron chi connectivity index (χ4n) is 0.589. The summed E-state index contributed by atoms with van der Waals surface area (Å²) in [6.45, 7) is 7.63. The van der Waals surface area contributed by atoms with Gasteiger partial charge in [-0.15, -0.1) is 12.4 Å². The second-order valence-corrected chi connectivity index (χ2v) is 1.61. The monoisotopic (exact) mass is 170 g/mol. The van der Waals surface area contributed by atoms with E-state index in [0.717, 1.165) is 0 Å². The van der Waals surface area contributed by atoms with Crippen molar-refractivity contribution >= 4 is 18.5 Å². The summed E-state index contributed by atoms with van der Waals surface area (Å²) < 4.78 is 0. The molecule has 62 valence electrons. The van der Waals surface area contributed by atoms with Crippen molar-refractivity contribution < 1.29 is 0 Å². The topological polar surface area (TPSA) is 0 Å². The standard InChI is InChI=1S/C8H8.C2H6.ClH/c1-2-8-6-4-3-5-7-8;1-2;/h2-7H,1H2;1-2H3;1H. The number of hydrogen-bond acceptors (Lipinski definition) is 0. The van der Waals surface area contributed by atoms with Gasteiger partial charge in [0.15, 0.2) is 0 Å². The molecule has 0 unspecified atom stereocenters. The van der Waals surface area contributed by atoms with Gasteiger partial charge in [0.1, 0.15) is 0 Å². The van der Waals surface area contributed by atoms with Gasteiger partial charge in [-0.1, -0.05) is 56.8 Å². The Balaban J connectivity index is 0. The van der Waals surface area contributed by atoms with Crippen molar-refractivity contribution in [3.8, 4) is 0 Å². The third-order valence-electron chi connectivity index (χ3n) is 1.04. The molecular formula is C10H15Cl. The minimum atomic E-state index is 0. The van der Waals surface area contributed by atoms with Gasteiger partial charge in [0.05, 0.1) is 0 Å². The lowest BCUT2D eigenvalue weighted by Gasteiger charge is -1.85. The Labute approximate surface area is 75.4 Å².